The lowest BCUT2D eigenvalue weighted by Crippen LogP contribution is -2.30. The lowest BCUT2D eigenvalue weighted by Gasteiger charge is -2.26. The molecule has 3 aromatic carbocycles. The van der Waals surface area contributed by atoms with Crippen LogP contribution in [-0.4, -0.2) is 5.91 Å². The summed E-state index contributed by atoms with van der Waals surface area (Å²) in [5.41, 5.74) is 4.84. The van der Waals surface area contributed by atoms with Gasteiger partial charge in [-0.25, -0.2) is 0 Å². The Morgan fingerprint density at radius 3 is 2.10 bits per heavy atom. The first-order chi connectivity index (χ1) is 14.3. The molecule has 1 atom stereocenters. The zero-order valence-corrected chi connectivity index (χ0v) is 18.7. The van der Waals surface area contributed by atoms with Gasteiger partial charge in [0.2, 0.25) is 0 Å². The Bertz CT molecular complexity index is 1160. The Morgan fingerprint density at radius 2 is 1.47 bits per heavy atom. The summed E-state index contributed by atoms with van der Waals surface area (Å²) < 4.78 is 0. The molecule has 4 rings (SSSR count). The predicted octanol–water partition coefficient (Wildman–Crippen LogP) is 7.35. The first-order valence-electron chi connectivity index (χ1n) is 9.43. The fourth-order valence-corrected chi connectivity index (χ4v) is 3.88. The maximum Gasteiger partial charge on any atom is 0.275 e. The summed E-state index contributed by atoms with van der Waals surface area (Å²) in [6.07, 6.45) is 1.91. The third kappa shape index (κ3) is 4.06. The first kappa shape index (κ1) is 20.8. The van der Waals surface area contributed by atoms with Gasteiger partial charge in [-0.2, -0.15) is 0 Å². The molecule has 1 aliphatic heterocycles. The number of amides is 1. The molecule has 1 amide bonds. The van der Waals surface area contributed by atoms with Gasteiger partial charge >= 0.3 is 0 Å². The van der Waals surface area contributed by atoms with Crippen LogP contribution in [0.3, 0.4) is 0 Å². The topological polar surface area (TPSA) is 32.3 Å². The number of nitrogens with zero attached hydrogens (tertiary/aromatic N) is 1. The fourth-order valence-electron chi connectivity index (χ4n) is 3.40. The molecular formula is C24H19Cl3N2O. The fraction of sp³-hybridized carbons (Fsp3) is 0.125. The standard InChI is InChI=1S/C24H19Cl3N2O/c1-14-3-9-18(11-20(14)26)28-22-13-23(16-5-7-17(25)8-6-16)29(24(22)30)19-10-4-15(2)21(27)12-19/h3-13,23,28H,1-2H3/t23-/m0/s1. The Labute approximate surface area is 190 Å². The van der Waals surface area contributed by atoms with Crippen molar-refractivity contribution in [3.8, 4) is 0 Å². The minimum atomic E-state index is -0.294. The van der Waals surface area contributed by atoms with E-state index in [2.05, 4.69) is 5.32 Å². The number of rotatable bonds is 4. The zero-order chi connectivity index (χ0) is 21.4. The molecule has 1 N–H and O–H groups in total. The third-order valence-electron chi connectivity index (χ3n) is 5.15. The number of nitrogens with one attached hydrogen (secondary N) is 1. The van der Waals surface area contributed by atoms with Crippen molar-refractivity contribution in [2.45, 2.75) is 19.9 Å². The quantitative estimate of drug-likeness (QED) is 0.444. The van der Waals surface area contributed by atoms with Crippen LogP contribution < -0.4 is 10.2 Å². The number of hydrogen-bond donors (Lipinski definition) is 1. The molecule has 1 heterocycles. The van der Waals surface area contributed by atoms with Crippen molar-refractivity contribution in [2.75, 3.05) is 10.2 Å². The average molecular weight is 458 g/mol. The molecule has 0 unspecified atom stereocenters. The highest BCUT2D eigenvalue weighted by Gasteiger charge is 2.35. The van der Waals surface area contributed by atoms with Gasteiger partial charge in [0.15, 0.2) is 0 Å². The molecule has 3 aromatic rings. The van der Waals surface area contributed by atoms with Gasteiger partial charge in [-0.3, -0.25) is 9.69 Å². The lowest BCUT2D eigenvalue weighted by atomic mass is 10.1. The number of aryl methyl sites for hydroxylation is 2. The summed E-state index contributed by atoms with van der Waals surface area (Å²) in [5, 5.41) is 5.12. The summed E-state index contributed by atoms with van der Waals surface area (Å²) in [7, 11) is 0. The van der Waals surface area contributed by atoms with Crippen LogP contribution in [0.1, 0.15) is 22.7 Å². The molecule has 0 bridgehead atoms. The molecule has 30 heavy (non-hydrogen) atoms. The van der Waals surface area contributed by atoms with Crippen LogP contribution in [0.15, 0.2) is 72.4 Å². The smallest absolute Gasteiger partial charge is 0.275 e. The van der Waals surface area contributed by atoms with Gasteiger partial charge in [0.25, 0.3) is 5.91 Å². The molecule has 0 radical (unpaired) electrons. The van der Waals surface area contributed by atoms with E-state index in [-0.39, 0.29) is 11.9 Å². The highest BCUT2D eigenvalue weighted by atomic mass is 35.5. The van der Waals surface area contributed by atoms with Gasteiger partial charge < -0.3 is 5.32 Å². The number of carbonyl (C=O) groups excluding carboxylic acids is 1. The molecule has 1 aliphatic rings. The summed E-state index contributed by atoms with van der Waals surface area (Å²) in [4.78, 5) is 15.1. The van der Waals surface area contributed by atoms with Crippen molar-refractivity contribution in [2.24, 2.45) is 0 Å². The maximum atomic E-state index is 13.4. The van der Waals surface area contributed by atoms with Crippen LogP contribution in [0.2, 0.25) is 15.1 Å². The minimum absolute atomic E-state index is 0.147. The summed E-state index contributed by atoms with van der Waals surface area (Å²) in [6.45, 7) is 3.87. The predicted molar refractivity (Wildman–Crippen MR) is 126 cm³/mol. The van der Waals surface area contributed by atoms with Gasteiger partial charge in [0.1, 0.15) is 5.70 Å². The molecule has 0 aromatic heterocycles. The Kier molecular flexibility index (Phi) is 5.79. The Morgan fingerprint density at radius 1 is 0.833 bits per heavy atom. The molecule has 6 heteroatoms. The molecule has 152 valence electrons. The van der Waals surface area contributed by atoms with Gasteiger partial charge in [-0.05, 0) is 73.0 Å². The second kappa shape index (κ2) is 8.35. The van der Waals surface area contributed by atoms with E-state index in [4.69, 9.17) is 34.8 Å². The largest absolute Gasteiger partial charge is 0.351 e. The molecule has 3 nitrogen and oxygen atoms in total. The van der Waals surface area contributed by atoms with E-state index in [1.807, 2.05) is 80.6 Å². The van der Waals surface area contributed by atoms with E-state index in [1.165, 1.54) is 0 Å². The van der Waals surface area contributed by atoms with Crippen molar-refractivity contribution < 1.29 is 4.79 Å². The average Bonchev–Trinajstić information content (AvgIpc) is 3.04. The van der Waals surface area contributed by atoms with Gasteiger partial charge in [0.05, 0.1) is 6.04 Å². The van der Waals surface area contributed by atoms with Crippen LogP contribution in [0, 0.1) is 13.8 Å². The number of carbonyl (C=O) groups is 1. The zero-order valence-electron chi connectivity index (χ0n) is 16.4. The Balaban J connectivity index is 1.74. The number of benzene rings is 3. The molecule has 0 saturated heterocycles. The normalized spacial score (nSPS) is 16.0. The molecule has 0 saturated carbocycles. The van der Waals surface area contributed by atoms with Crippen molar-refractivity contribution >= 4 is 52.1 Å². The van der Waals surface area contributed by atoms with Crippen LogP contribution in [0.4, 0.5) is 11.4 Å². The van der Waals surface area contributed by atoms with Crippen molar-refractivity contribution in [1.29, 1.82) is 0 Å². The second-order valence-corrected chi connectivity index (χ2v) is 8.53. The summed E-state index contributed by atoms with van der Waals surface area (Å²) in [5.74, 6) is -0.147. The van der Waals surface area contributed by atoms with Gasteiger partial charge in [-0.1, -0.05) is 59.1 Å². The molecule has 0 fully saturated rings. The van der Waals surface area contributed by atoms with Crippen LogP contribution in [-0.2, 0) is 4.79 Å². The second-order valence-electron chi connectivity index (χ2n) is 7.27. The SMILES string of the molecule is Cc1ccc(NC2=C[C@@H](c3ccc(Cl)cc3)N(c3ccc(C)c(Cl)c3)C2=O)cc1Cl. The monoisotopic (exact) mass is 456 g/mol. The van der Waals surface area contributed by atoms with E-state index < -0.39 is 0 Å². The van der Waals surface area contributed by atoms with E-state index >= 15 is 0 Å². The number of halogens is 3. The van der Waals surface area contributed by atoms with E-state index in [1.54, 1.807) is 4.90 Å². The molecule has 0 spiro atoms. The highest BCUT2D eigenvalue weighted by molar-refractivity contribution is 6.32. The Hall–Kier alpha value is -2.46. The van der Waals surface area contributed by atoms with E-state index in [0.717, 1.165) is 28.1 Å². The molecular weight excluding hydrogens is 439 g/mol. The van der Waals surface area contributed by atoms with Crippen molar-refractivity contribution in [3.63, 3.8) is 0 Å². The number of hydrogen-bond acceptors (Lipinski definition) is 2. The highest BCUT2D eigenvalue weighted by Crippen LogP contribution is 2.38. The van der Waals surface area contributed by atoms with Crippen LogP contribution >= 0.6 is 34.8 Å². The maximum absolute atomic E-state index is 13.4. The molecule has 0 aliphatic carbocycles. The van der Waals surface area contributed by atoms with E-state index in [9.17, 15) is 4.79 Å². The number of anilines is 2. The van der Waals surface area contributed by atoms with Crippen molar-refractivity contribution in [1.82, 2.24) is 0 Å². The summed E-state index contributed by atoms with van der Waals surface area (Å²) in [6, 6.07) is 18.5. The van der Waals surface area contributed by atoms with Crippen LogP contribution in [0.5, 0.6) is 0 Å². The van der Waals surface area contributed by atoms with Crippen molar-refractivity contribution in [3.05, 3.63) is 104 Å². The minimum Gasteiger partial charge on any atom is -0.351 e. The third-order valence-corrected chi connectivity index (χ3v) is 6.21. The van der Waals surface area contributed by atoms with Crippen LogP contribution in [0.25, 0.3) is 0 Å². The van der Waals surface area contributed by atoms with Gasteiger partial charge in [0, 0.05) is 26.4 Å². The lowest BCUT2D eigenvalue weighted by molar-refractivity contribution is -0.114. The van der Waals surface area contributed by atoms with Gasteiger partial charge in [-0.15, -0.1) is 0 Å². The summed E-state index contributed by atoms with van der Waals surface area (Å²) >= 11 is 18.7. The van der Waals surface area contributed by atoms with E-state index in [0.29, 0.717) is 20.8 Å². The first-order valence-corrected chi connectivity index (χ1v) is 10.6.